The summed E-state index contributed by atoms with van der Waals surface area (Å²) in [7, 11) is 1.57. The molecular formula is C21H18N2O5. The van der Waals surface area contributed by atoms with Gasteiger partial charge >= 0.3 is 5.97 Å². The Hall–Kier alpha value is -3.87. The Morgan fingerprint density at radius 1 is 1.07 bits per heavy atom. The van der Waals surface area contributed by atoms with Gasteiger partial charge in [0.1, 0.15) is 11.5 Å². The van der Waals surface area contributed by atoms with Crippen LogP contribution in [-0.2, 0) is 11.2 Å². The van der Waals surface area contributed by atoms with Crippen molar-refractivity contribution in [3.05, 3.63) is 71.9 Å². The molecule has 0 saturated carbocycles. The van der Waals surface area contributed by atoms with Gasteiger partial charge in [-0.1, -0.05) is 12.1 Å². The van der Waals surface area contributed by atoms with E-state index >= 15 is 0 Å². The van der Waals surface area contributed by atoms with Crippen molar-refractivity contribution in [3.63, 3.8) is 0 Å². The molecule has 1 amide bonds. The Kier molecular flexibility index (Phi) is 5.55. The van der Waals surface area contributed by atoms with Gasteiger partial charge in [-0.05, 0) is 48.0 Å². The van der Waals surface area contributed by atoms with Gasteiger partial charge in [0, 0.05) is 17.4 Å². The lowest BCUT2D eigenvalue weighted by Crippen LogP contribution is -2.14. The van der Waals surface area contributed by atoms with Crippen LogP contribution >= 0.6 is 0 Å². The molecule has 0 bridgehead atoms. The average molecular weight is 378 g/mol. The van der Waals surface area contributed by atoms with E-state index in [0.29, 0.717) is 22.7 Å². The summed E-state index contributed by atoms with van der Waals surface area (Å²) in [6.07, 6.45) is 1.53. The molecule has 28 heavy (non-hydrogen) atoms. The fourth-order valence-corrected chi connectivity index (χ4v) is 2.66. The first kappa shape index (κ1) is 18.9. The topological polar surface area (TPSA) is 109 Å². The van der Waals surface area contributed by atoms with Crippen molar-refractivity contribution in [1.29, 1.82) is 0 Å². The minimum Gasteiger partial charge on any atom is -0.507 e. The molecule has 0 aliphatic rings. The van der Waals surface area contributed by atoms with Crippen molar-refractivity contribution in [2.24, 2.45) is 0 Å². The standard InChI is InChI=1S/C21H18N2O5/c1-28-16-5-2-13(3-6-16)10-20(25)23-15-4-7-19(24)17(12-15)18-11-14(21(26)27)8-9-22-18/h2-9,11-12,24H,10H2,1H3,(H,23,25)(H,26,27). The third-order valence-corrected chi connectivity index (χ3v) is 4.09. The van der Waals surface area contributed by atoms with Gasteiger partial charge in [0.15, 0.2) is 0 Å². The third kappa shape index (κ3) is 4.45. The fourth-order valence-electron chi connectivity index (χ4n) is 2.66. The summed E-state index contributed by atoms with van der Waals surface area (Å²) in [5.41, 5.74) is 1.97. The number of rotatable bonds is 6. The molecule has 142 valence electrons. The molecule has 0 saturated heterocycles. The Balaban J connectivity index is 1.78. The van der Waals surface area contributed by atoms with Gasteiger partial charge in [-0.2, -0.15) is 0 Å². The molecule has 0 aliphatic carbocycles. The number of nitrogens with zero attached hydrogens (tertiary/aromatic N) is 1. The molecular weight excluding hydrogens is 360 g/mol. The maximum absolute atomic E-state index is 12.3. The second kappa shape index (κ2) is 8.22. The van der Waals surface area contributed by atoms with Gasteiger partial charge < -0.3 is 20.3 Å². The number of aromatic nitrogens is 1. The monoisotopic (exact) mass is 378 g/mol. The second-order valence-corrected chi connectivity index (χ2v) is 6.04. The maximum Gasteiger partial charge on any atom is 0.335 e. The van der Waals surface area contributed by atoms with Gasteiger partial charge in [0.05, 0.1) is 24.8 Å². The number of hydrogen-bond donors (Lipinski definition) is 3. The lowest BCUT2D eigenvalue weighted by molar-refractivity contribution is -0.115. The van der Waals surface area contributed by atoms with Gasteiger partial charge in [0.25, 0.3) is 0 Å². The molecule has 7 heteroatoms. The predicted molar refractivity (Wildman–Crippen MR) is 104 cm³/mol. The van der Waals surface area contributed by atoms with Crippen LogP contribution in [0.5, 0.6) is 11.5 Å². The molecule has 2 aromatic carbocycles. The number of hydrogen-bond acceptors (Lipinski definition) is 5. The molecule has 3 rings (SSSR count). The van der Waals surface area contributed by atoms with Crippen LogP contribution in [0.3, 0.4) is 0 Å². The number of phenolic OH excluding ortho intramolecular Hbond substituents is 1. The number of amides is 1. The van der Waals surface area contributed by atoms with Crippen LogP contribution in [0.15, 0.2) is 60.8 Å². The fraction of sp³-hybridized carbons (Fsp3) is 0.0952. The van der Waals surface area contributed by atoms with Crippen LogP contribution in [0.1, 0.15) is 15.9 Å². The molecule has 0 atom stereocenters. The van der Waals surface area contributed by atoms with Crippen molar-refractivity contribution in [1.82, 2.24) is 4.98 Å². The van der Waals surface area contributed by atoms with Gasteiger partial charge in [-0.25, -0.2) is 4.79 Å². The van der Waals surface area contributed by atoms with E-state index in [9.17, 15) is 14.7 Å². The van der Waals surface area contributed by atoms with E-state index in [1.807, 2.05) is 12.1 Å². The minimum absolute atomic E-state index is 0.0540. The van der Waals surface area contributed by atoms with Crippen molar-refractivity contribution < 1.29 is 24.5 Å². The average Bonchev–Trinajstić information content (AvgIpc) is 2.70. The molecule has 0 aliphatic heterocycles. The number of ether oxygens (including phenoxy) is 1. The summed E-state index contributed by atoms with van der Waals surface area (Å²) >= 11 is 0. The van der Waals surface area contributed by atoms with Crippen LogP contribution in [0.25, 0.3) is 11.3 Å². The SMILES string of the molecule is COc1ccc(CC(=O)Nc2ccc(O)c(-c3cc(C(=O)O)ccn3)c2)cc1. The van der Waals surface area contributed by atoms with Gasteiger partial charge in [-0.15, -0.1) is 0 Å². The molecule has 0 unspecified atom stereocenters. The smallest absolute Gasteiger partial charge is 0.335 e. The molecule has 1 heterocycles. The summed E-state index contributed by atoms with van der Waals surface area (Å²) in [5, 5.41) is 22.0. The highest BCUT2D eigenvalue weighted by Gasteiger charge is 2.12. The van der Waals surface area contributed by atoms with E-state index in [4.69, 9.17) is 9.84 Å². The zero-order valence-electron chi connectivity index (χ0n) is 15.0. The number of methoxy groups -OCH3 is 1. The first-order valence-corrected chi connectivity index (χ1v) is 8.42. The number of anilines is 1. The first-order chi connectivity index (χ1) is 13.5. The number of carbonyl (C=O) groups excluding carboxylic acids is 1. The van der Waals surface area contributed by atoms with E-state index in [1.165, 1.54) is 24.4 Å². The van der Waals surface area contributed by atoms with Crippen molar-refractivity contribution >= 4 is 17.6 Å². The molecule has 3 aromatic rings. The van der Waals surface area contributed by atoms with Crippen LogP contribution in [0.4, 0.5) is 5.69 Å². The Bertz CT molecular complexity index is 1020. The number of benzene rings is 2. The molecule has 0 radical (unpaired) electrons. The van der Waals surface area contributed by atoms with Crippen molar-refractivity contribution in [2.75, 3.05) is 12.4 Å². The summed E-state index contributed by atoms with van der Waals surface area (Å²) in [6.45, 7) is 0. The van der Waals surface area contributed by atoms with Crippen LogP contribution in [0.2, 0.25) is 0 Å². The van der Waals surface area contributed by atoms with Crippen molar-refractivity contribution in [2.45, 2.75) is 6.42 Å². The zero-order chi connectivity index (χ0) is 20.1. The van der Waals surface area contributed by atoms with E-state index in [0.717, 1.165) is 5.56 Å². The maximum atomic E-state index is 12.3. The number of carbonyl (C=O) groups is 2. The molecule has 0 fully saturated rings. The zero-order valence-corrected chi connectivity index (χ0v) is 15.0. The van der Waals surface area contributed by atoms with E-state index in [-0.39, 0.29) is 23.6 Å². The largest absolute Gasteiger partial charge is 0.507 e. The number of carboxylic acid groups (broad SMARTS) is 1. The summed E-state index contributed by atoms with van der Waals surface area (Å²) in [4.78, 5) is 27.6. The Morgan fingerprint density at radius 2 is 1.82 bits per heavy atom. The highest BCUT2D eigenvalue weighted by Crippen LogP contribution is 2.31. The van der Waals surface area contributed by atoms with E-state index in [2.05, 4.69) is 10.3 Å². The second-order valence-electron chi connectivity index (χ2n) is 6.04. The highest BCUT2D eigenvalue weighted by molar-refractivity contribution is 5.93. The minimum atomic E-state index is -1.09. The lowest BCUT2D eigenvalue weighted by atomic mass is 10.1. The van der Waals surface area contributed by atoms with Gasteiger partial charge in [-0.3, -0.25) is 9.78 Å². The molecule has 1 aromatic heterocycles. The van der Waals surface area contributed by atoms with Crippen LogP contribution < -0.4 is 10.1 Å². The van der Waals surface area contributed by atoms with E-state index in [1.54, 1.807) is 31.4 Å². The Morgan fingerprint density at radius 3 is 2.50 bits per heavy atom. The van der Waals surface area contributed by atoms with Gasteiger partial charge in [0.2, 0.25) is 5.91 Å². The number of nitrogens with one attached hydrogen (secondary N) is 1. The molecule has 0 spiro atoms. The number of pyridine rings is 1. The highest BCUT2D eigenvalue weighted by atomic mass is 16.5. The van der Waals surface area contributed by atoms with Crippen molar-refractivity contribution in [3.8, 4) is 22.8 Å². The summed E-state index contributed by atoms with van der Waals surface area (Å²) in [5.74, 6) is -0.673. The summed E-state index contributed by atoms with van der Waals surface area (Å²) < 4.78 is 5.09. The third-order valence-electron chi connectivity index (χ3n) is 4.09. The quantitative estimate of drug-likeness (QED) is 0.568. The molecule has 7 nitrogen and oxygen atoms in total. The lowest BCUT2D eigenvalue weighted by Gasteiger charge is -2.10. The molecule has 3 N–H and O–H groups in total. The van der Waals surface area contributed by atoms with Crippen LogP contribution in [0, 0.1) is 0 Å². The number of aromatic hydroxyl groups is 1. The van der Waals surface area contributed by atoms with E-state index < -0.39 is 5.97 Å². The number of phenols is 1. The number of aromatic carboxylic acids is 1. The van der Waals surface area contributed by atoms with Crippen LogP contribution in [-0.4, -0.2) is 34.2 Å². The Labute approximate surface area is 161 Å². The normalized spacial score (nSPS) is 10.3. The predicted octanol–water partition coefficient (Wildman–Crippen LogP) is 3.34. The first-order valence-electron chi connectivity index (χ1n) is 8.42. The number of carboxylic acids is 1. The summed E-state index contributed by atoms with van der Waals surface area (Å²) in [6, 6.07) is 14.4.